The van der Waals surface area contributed by atoms with Crippen LogP contribution >= 0.6 is 11.3 Å². The number of H-pyrrole nitrogens is 1. The summed E-state index contributed by atoms with van der Waals surface area (Å²) in [6.45, 7) is 6.07. The fraction of sp³-hybridized carbons (Fsp3) is 0.286. The molecule has 1 fully saturated rings. The molecule has 2 aliphatic heterocycles. The van der Waals surface area contributed by atoms with Crippen molar-refractivity contribution in [3.63, 3.8) is 0 Å². The molecular weight excluding hydrogens is 516 g/mol. The molecule has 11 heteroatoms. The third-order valence-corrected chi connectivity index (χ3v) is 8.13. The number of aromatic nitrogens is 3. The fourth-order valence-electron chi connectivity index (χ4n) is 4.75. The van der Waals surface area contributed by atoms with Gasteiger partial charge < -0.3 is 30.0 Å². The second-order valence-corrected chi connectivity index (χ2v) is 10.6. The van der Waals surface area contributed by atoms with Crippen molar-refractivity contribution < 1.29 is 14.3 Å². The van der Waals surface area contributed by atoms with Crippen LogP contribution in [0.25, 0.3) is 11.1 Å². The number of carbonyl (C=O) groups is 1. The van der Waals surface area contributed by atoms with Crippen LogP contribution in [-0.2, 0) is 22.5 Å². The molecule has 3 aromatic heterocycles. The standard InChI is InChI=1S/C28H28N6O4S/c1-17-20(3-2-4-21(17)31-28(36)24-14-19-16-38-10-7-23(19)39-24)18-13-22(27(35)29-15-18)30-25-5-6-26(33-32-25)34-8-11-37-12-9-34/h2-6,13-15H,7-12,16H2,1H3,(H,29,35)(H,30,32)(H,31,36). The van der Waals surface area contributed by atoms with Crippen LogP contribution in [0.3, 0.4) is 0 Å². The second kappa shape index (κ2) is 11.0. The van der Waals surface area contributed by atoms with Gasteiger partial charge in [-0.2, -0.15) is 0 Å². The summed E-state index contributed by atoms with van der Waals surface area (Å²) in [5, 5.41) is 14.7. The lowest BCUT2D eigenvalue weighted by molar-refractivity contribution is 0.102. The molecule has 1 aromatic carbocycles. The maximum atomic E-state index is 13.0. The van der Waals surface area contributed by atoms with E-state index in [-0.39, 0.29) is 11.5 Å². The summed E-state index contributed by atoms with van der Waals surface area (Å²) in [5.74, 6) is 1.10. The number of anilines is 4. The molecule has 0 spiro atoms. The van der Waals surface area contributed by atoms with Gasteiger partial charge in [-0.05, 0) is 53.9 Å². The third-order valence-electron chi connectivity index (χ3n) is 6.90. The average Bonchev–Trinajstić information content (AvgIpc) is 3.41. The molecule has 1 amide bonds. The number of rotatable bonds is 6. The number of fused-ring (bicyclic) bond motifs is 1. The molecule has 5 heterocycles. The van der Waals surface area contributed by atoms with Gasteiger partial charge in [0.2, 0.25) is 0 Å². The molecule has 6 rings (SSSR count). The van der Waals surface area contributed by atoms with Crippen molar-refractivity contribution in [2.24, 2.45) is 0 Å². The first kappa shape index (κ1) is 25.2. The number of hydrogen-bond acceptors (Lipinski definition) is 9. The molecular formula is C28H28N6O4S. The zero-order valence-electron chi connectivity index (χ0n) is 21.5. The van der Waals surface area contributed by atoms with Gasteiger partial charge in [0.1, 0.15) is 5.69 Å². The van der Waals surface area contributed by atoms with E-state index in [0.29, 0.717) is 48.5 Å². The van der Waals surface area contributed by atoms with Crippen molar-refractivity contribution >= 4 is 40.3 Å². The first-order chi connectivity index (χ1) is 19.0. The SMILES string of the molecule is Cc1c(NC(=O)c2cc3c(s2)CCOC3)cccc1-c1c[nH]c(=O)c(Nc2ccc(N3CCOCC3)nn2)c1. The maximum Gasteiger partial charge on any atom is 0.271 e. The zero-order valence-corrected chi connectivity index (χ0v) is 22.3. The van der Waals surface area contributed by atoms with E-state index in [1.54, 1.807) is 18.3 Å². The molecule has 39 heavy (non-hydrogen) atoms. The Hall–Kier alpha value is -4.06. The minimum absolute atomic E-state index is 0.141. The number of pyridine rings is 1. The molecule has 0 radical (unpaired) electrons. The highest BCUT2D eigenvalue weighted by atomic mass is 32.1. The van der Waals surface area contributed by atoms with E-state index in [9.17, 15) is 9.59 Å². The largest absolute Gasteiger partial charge is 0.378 e. The quantitative estimate of drug-likeness (QED) is 0.332. The van der Waals surface area contributed by atoms with Gasteiger partial charge in [0.05, 0.1) is 31.3 Å². The predicted molar refractivity (Wildman–Crippen MR) is 151 cm³/mol. The van der Waals surface area contributed by atoms with Crippen LogP contribution in [0.1, 0.15) is 25.7 Å². The van der Waals surface area contributed by atoms with E-state index >= 15 is 0 Å². The second-order valence-electron chi connectivity index (χ2n) is 9.43. The lowest BCUT2D eigenvalue weighted by atomic mass is 10.00. The third kappa shape index (κ3) is 5.42. The van der Waals surface area contributed by atoms with Crippen LogP contribution < -0.4 is 21.1 Å². The summed E-state index contributed by atoms with van der Waals surface area (Å²) in [4.78, 5) is 32.4. The molecule has 0 saturated carbocycles. The van der Waals surface area contributed by atoms with Crippen molar-refractivity contribution in [3.05, 3.63) is 79.9 Å². The van der Waals surface area contributed by atoms with Gasteiger partial charge in [-0.1, -0.05) is 12.1 Å². The number of amides is 1. The number of morpholine rings is 1. The first-order valence-corrected chi connectivity index (χ1v) is 13.6. The van der Waals surface area contributed by atoms with Gasteiger partial charge in [-0.3, -0.25) is 9.59 Å². The monoisotopic (exact) mass is 544 g/mol. The van der Waals surface area contributed by atoms with Gasteiger partial charge >= 0.3 is 0 Å². The molecule has 3 N–H and O–H groups in total. The van der Waals surface area contributed by atoms with Gasteiger partial charge in [-0.25, -0.2) is 0 Å². The predicted octanol–water partition coefficient (Wildman–Crippen LogP) is 4.11. The van der Waals surface area contributed by atoms with Crippen LogP contribution in [0.2, 0.25) is 0 Å². The first-order valence-electron chi connectivity index (χ1n) is 12.8. The number of nitrogens with zero attached hydrogens (tertiary/aromatic N) is 3. The Morgan fingerprint density at radius 3 is 2.72 bits per heavy atom. The van der Waals surface area contributed by atoms with Crippen LogP contribution in [0.15, 0.2) is 53.5 Å². The highest BCUT2D eigenvalue weighted by Crippen LogP contribution is 2.31. The molecule has 4 aromatic rings. The number of ether oxygens (including phenoxy) is 2. The summed E-state index contributed by atoms with van der Waals surface area (Å²) in [5.41, 5.74) is 4.46. The molecule has 0 aliphatic carbocycles. The number of hydrogen-bond donors (Lipinski definition) is 3. The Morgan fingerprint density at radius 1 is 1.05 bits per heavy atom. The number of thiophene rings is 1. The van der Waals surface area contributed by atoms with Crippen molar-refractivity contribution in [1.82, 2.24) is 15.2 Å². The van der Waals surface area contributed by atoms with Gasteiger partial charge in [0.25, 0.3) is 11.5 Å². The van der Waals surface area contributed by atoms with E-state index in [2.05, 4.69) is 30.7 Å². The van der Waals surface area contributed by atoms with Crippen LogP contribution in [-0.4, -0.2) is 54.0 Å². The Labute approximate surface area is 229 Å². The van der Waals surface area contributed by atoms with E-state index in [0.717, 1.165) is 47.6 Å². The number of aromatic amines is 1. The van der Waals surface area contributed by atoms with Crippen LogP contribution in [0.4, 0.5) is 23.0 Å². The van der Waals surface area contributed by atoms with Crippen molar-refractivity contribution in [2.45, 2.75) is 20.0 Å². The lowest BCUT2D eigenvalue weighted by Gasteiger charge is -2.27. The normalized spacial score (nSPS) is 15.1. The summed E-state index contributed by atoms with van der Waals surface area (Å²) >= 11 is 1.52. The van der Waals surface area contributed by atoms with Gasteiger partial charge in [-0.15, -0.1) is 21.5 Å². The van der Waals surface area contributed by atoms with Crippen molar-refractivity contribution in [1.29, 1.82) is 0 Å². The van der Waals surface area contributed by atoms with E-state index in [4.69, 9.17) is 9.47 Å². The van der Waals surface area contributed by atoms with Crippen molar-refractivity contribution in [3.8, 4) is 11.1 Å². The molecule has 0 atom stereocenters. The van der Waals surface area contributed by atoms with E-state index in [1.165, 1.54) is 16.2 Å². The summed E-state index contributed by atoms with van der Waals surface area (Å²) < 4.78 is 10.9. The molecule has 1 saturated heterocycles. The summed E-state index contributed by atoms with van der Waals surface area (Å²) in [6.07, 6.45) is 2.51. The van der Waals surface area contributed by atoms with Gasteiger partial charge in [0, 0.05) is 41.8 Å². The highest BCUT2D eigenvalue weighted by Gasteiger charge is 2.19. The van der Waals surface area contributed by atoms with E-state index in [1.807, 2.05) is 37.3 Å². The molecule has 0 unspecified atom stereocenters. The maximum absolute atomic E-state index is 13.0. The minimum Gasteiger partial charge on any atom is -0.378 e. The average molecular weight is 545 g/mol. The van der Waals surface area contributed by atoms with Crippen molar-refractivity contribution in [2.75, 3.05) is 48.4 Å². The zero-order chi connectivity index (χ0) is 26.8. The fourth-order valence-corrected chi connectivity index (χ4v) is 5.79. The minimum atomic E-state index is -0.273. The van der Waals surface area contributed by atoms with Crippen LogP contribution in [0, 0.1) is 6.92 Å². The molecule has 10 nitrogen and oxygen atoms in total. The Morgan fingerprint density at radius 2 is 1.92 bits per heavy atom. The smallest absolute Gasteiger partial charge is 0.271 e. The van der Waals surface area contributed by atoms with Crippen LogP contribution in [0.5, 0.6) is 0 Å². The summed E-state index contributed by atoms with van der Waals surface area (Å²) in [7, 11) is 0. The number of carbonyl (C=O) groups excluding carboxylic acids is 1. The summed E-state index contributed by atoms with van der Waals surface area (Å²) in [6, 6.07) is 13.1. The Bertz CT molecular complexity index is 1540. The van der Waals surface area contributed by atoms with Gasteiger partial charge in [0.15, 0.2) is 11.6 Å². The lowest BCUT2D eigenvalue weighted by Crippen LogP contribution is -2.36. The molecule has 200 valence electrons. The Kier molecular flexibility index (Phi) is 7.10. The van der Waals surface area contributed by atoms with E-state index < -0.39 is 0 Å². The number of nitrogens with one attached hydrogen (secondary N) is 3. The number of benzene rings is 1. The highest BCUT2D eigenvalue weighted by molar-refractivity contribution is 7.14. The topological polar surface area (TPSA) is 121 Å². The molecule has 2 aliphatic rings. The molecule has 0 bridgehead atoms. The Balaban J connectivity index is 1.20.